The Bertz CT molecular complexity index is 738. The smallest absolute Gasteiger partial charge is 0.197 e. The minimum Gasteiger partial charge on any atom is -0.369 e. The number of nitrogens with one attached hydrogen (secondary N) is 1. The van der Waals surface area contributed by atoms with Crippen LogP contribution in [0.4, 0.5) is 0 Å². The van der Waals surface area contributed by atoms with E-state index in [2.05, 4.69) is 16.1 Å². The van der Waals surface area contributed by atoms with Crippen LogP contribution in [-0.2, 0) is 14.6 Å². The predicted octanol–water partition coefficient (Wildman–Crippen LogP) is 2.43. The highest BCUT2D eigenvalue weighted by molar-refractivity contribution is 7.92. The molecule has 0 aromatic heterocycles. The summed E-state index contributed by atoms with van der Waals surface area (Å²) in [5.41, 5.74) is 0. The van der Waals surface area contributed by atoms with E-state index in [9.17, 15) is 8.42 Å². The van der Waals surface area contributed by atoms with Crippen LogP contribution in [-0.4, -0.2) is 57.1 Å². The lowest BCUT2D eigenvalue weighted by Crippen LogP contribution is -2.62. The molecule has 1 unspecified atom stereocenters. The molecule has 2 aliphatic heterocycles. The van der Waals surface area contributed by atoms with Crippen molar-refractivity contribution in [3.8, 4) is 12.3 Å². The number of nitrogens with zero attached hydrogens (tertiary/aromatic N) is 1. The third-order valence-corrected chi connectivity index (χ3v) is 8.40. The summed E-state index contributed by atoms with van der Waals surface area (Å²) < 4.78 is 33.3. The molecule has 0 amide bonds. The fourth-order valence-electron chi connectivity index (χ4n) is 4.54. The Morgan fingerprint density at radius 2 is 1.96 bits per heavy atom. The van der Waals surface area contributed by atoms with Crippen LogP contribution in [0, 0.1) is 12.3 Å². The Hall–Kier alpha value is -1.39. The first kappa shape index (κ1) is 20.3. The first-order chi connectivity index (χ1) is 13.1. The van der Waals surface area contributed by atoms with Gasteiger partial charge in [0.25, 0.3) is 0 Å². The molecule has 2 fully saturated rings. The van der Waals surface area contributed by atoms with Crippen LogP contribution in [0.1, 0.15) is 38.5 Å². The minimum atomic E-state index is -3.54. The first-order valence-corrected chi connectivity index (χ1v) is 11.4. The number of hydrogen-bond acceptors (Lipinski definition) is 5. The Morgan fingerprint density at radius 1 is 1.22 bits per heavy atom. The van der Waals surface area contributed by atoms with Gasteiger partial charge in [-0.3, -0.25) is 4.90 Å². The summed E-state index contributed by atoms with van der Waals surface area (Å²) in [6, 6.07) is 9.18. The van der Waals surface area contributed by atoms with Gasteiger partial charge < -0.3 is 10.1 Å². The first-order valence-electron chi connectivity index (χ1n) is 9.90. The molecule has 0 saturated carbocycles. The number of sulfone groups is 1. The van der Waals surface area contributed by atoms with Crippen LogP contribution in [0.15, 0.2) is 35.2 Å². The molecule has 2 aliphatic rings. The zero-order valence-corrected chi connectivity index (χ0v) is 16.7. The summed E-state index contributed by atoms with van der Waals surface area (Å²) in [7, 11) is -3.54. The Labute approximate surface area is 163 Å². The maximum Gasteiger partial charge on any atom is 0.197 e. The summed E-state index contributed by atoms with van der Waals surface area (Å²) in [4.78, 5) is 1.78. The normalized spacial score (nSPS) is 25.1. The van der Waals surface area contributed by atoms with Crippen LogP contribution in [0.5, 0.6) is 0 Å². The third-order valence-electron chi connectivity index (χ3n) is 5.87. The fraction of sp³-hybridized carbons (Fsp3) is 0.619. The van der Waals surface area contributed by atoms with Gasteiger partial charge in [-0.1, -0.05) is 24.1 Å². The zero-order chi connectivity index (χ0) is 19.2. The molecule has 5 nitrogen and oxygen atoms in total. The molecule has 148 valence electrons. The van der Waals surface area contributed by atoms with E-state index in [0.29, 0.717) is 24.3 Å². The molecular formula is C21H30N2O3S. The Balaban J connectivity index is 1.98. The van der Waals surface area contributed by atoms with E-state index in [1.165, 1.54) is 0 Å². The number of ether oxygens (including phenoxy) is 1. The van der Waals surface area contributed by atoms with Gasteiger partial charge in [0.05, 0.1) is 11.5 Å². The van der Waals surface area contributed by atoms with Crippen molar-refractivity contribution in [1.29, 1.82) is 0 Å². The number of hydrogen-bond donors (Lipinski definition) is 1. The quantitative estimate of drug-likeness (QED) is 0.572. The van der Waals surface area contributed by atoms with Crippen LogP contribution < -0.4 is 5.32 Å². The topological polar surface area (TPSA) is 58.6 Å². The Morgan fingerprint density at radius 3 is 2.67 bits per heavy atom. The van der Waals surface area contributed by atoms with Crippen molar-refractivity contribution in [2.24, 2.45) is 0 Å². The maximum absolute atomic E-state index is 13.9. The number of piperidine rings is 2. The highest BCUT2D eigenvalue weighted by Gasteiger charge is 2.52. The maximum atomic E-state index is 13.9. The minimum absolute atomic E-state index is 0.217. The molecule has 0 aliphatic carbocycles. The molecule has 0 bridgehead atoms. The van der Waals surface area contributed by atoms with Crippen LogP contribution >= 0.6 is 0 Å². The molecule has 0 spiro atoms. The van der Waals surface area contributed by atoms with E-state index in [1.807, 2.05) is 6.07 Å². The molecular weight excluding hydrogens is 360 g/mol. The molecule has 2 heterocycles. The van der Waals surface area contributed by atoms with E-state index in [-0.39, 0.29) is 12.6 Å². The van der Waals surface area contributed by atoms with E-state index in [1.54, 1.807) is 24.3 Å². The second-order valence-electron chi connectivity index (χ2n) is 7.40. The van der Waals surface area contributed by atoms with Gasteiger partial charge in [-0.15, -0.1) is 6.42 Å². The molecule has 1 N–H and O–H groups in total. The van der Waals surface area contributed by atoms with Gasteiger partial charge in [-0.2, -0.15) is 0 Å². The van der Waals surface area contributed by atoms with Crippen LogP contribution in [0.25, 0.3) is 0 Å². The zero-order valence-electron chi connectivity index (χ0n) is 15.9. The van der Waals surface area contributed by atoms with Gasteiger partial charge in [0.1, 0.15) is 11.5 Å². The van der Waals surface area contributed by atoms with Crippen molar-refractivity contribution >= 4 is 9.84 Å². The molecule has 0 radical (unpaired) electrons. The summed E-state index contributed by atoms with van der Waals surface area (Å²) in [6.45, 7) is 3.28. The predicted molar refractivity (Wildman–Crippen MR) is 107 cm³/mol. The van der Waals surface area contributed by atoms with Crippen molar-refractivity contribution in [2.45, 2.75) is 54.3 Å². The Kier molecular flexibility index (Phi) is 6.93. The molecule has 3 rings (SSSR count). The second kappa shape index (κ2) is 9.20. The number of benzene rings is 1. The van der Waals surface area contributed by atoms with Gasteiger partial charge >= 0.3 is 0 Å². The van der Waals surface area contributed by atoms with Gasteiger partial charge in [0, 0.05) is 12.5 Å². The standard InChI is InChI=1S/C21H30N2O3S/c1-2-17-26-18-13-21(27(24,25)20-8-4-3-5-9-20)12-6-7-16-23(21)19-10-14-22-15-11-19/h1,3-5,8-9,19,22H,6-7,10-18H2. The van der Waals surface area contributed by atoms with Crippen molar-refractivity contribution in [2.75, 3.05) is 32.8 Å². The summed E-state index contributed by atoms with van der Waals surface area (Å²) in [6.07, 6.45) is 10.3. The average molecular weight is 391 g/mol. The number of rotatable bonds is 7. The van der Waals surface area contributed by atoms with Gasteiger partial charge in [0.2, 0.25) is 0 Å². The lowest BCUT2D eigenvalue weighted by molar-refractivity contribution is 0.0244. The van der Waals surface area contributed by atoms with Gasteiger partial charge in [-0.25, -0.2) is 8.42 Å². The highest BCUT2D eigenvalue weighted by Crippen LogP contribution is 2.42. The van der Waals surface area contributed by atoms with Crippen molar-refractivity contribution in [1.82, 2.24) is 10.2 Å². The van der Waals surface area contributed by atoms with Crippen molar-refractivity contribution in [3.05, 3.63) is 30.3 Å². The van der Waals surface area contributed by atoms with Crippen molar-refractivity contribution in [3.63, 3.8) is 0 Å². The fourth-order valence-corrected chi connectivity index (χ4v) is 6.81. The van der Waals surface area contributed by atoms with E-state index in [4.69, 9.17) is 11.2 Å². The highest BCUT2D eigenvalue weighted by atomic mass is 32.2. The molecule has 6 heteroatoms. The molecule has 1 aromatic rings. The summed E-state index contributed by atoms with van der Waals surface area (Å²) >= 11 is 0. The van der Waals surface area contributed by atoms with Gasteiger partial charge in [-0.05, 0) is 63.9 Å². The molecule has 1 atom stereocenters. The summed E-state index contributed by atoms with van der Waals surface area (Å²) in [5, 5.41) is 3.39. The summed E-state index contributed by atoms with van der Waals surface area (Å²) in [5.74, 6) is 2.47. The number of terminal acetylenes is 1. The monoisotopic (exact) mass is 390 g/mol. The molecule has 27 heavy (non-hydrogen) atoms. The van der Waals surface area contributed by atoms with Gasteiger partial charge in [0.15, 0.2) is 9.84 Å². The molecule has 2 saturated heterocycles. The SMILES string of the molecule is C#CCOCCC1(S(=O)(=O)c2ccccc2)CCCCN1C1CCNCC1. The van der Waals surface area contributed by atoms with E-state index >= 15 is 0 Å². The third kappa shape index (κ3) is 4.22. The van der Waals surface area contributed by atoms with Crippen LogP contribution in [0.3, 0.4) is 0 Å². The van der Waals surface area contributed by atoms with E-state index < -0.39 is 14.7 Å². The lowest BCUT2D eigenvalue weighted by atomic mass is 9.93. The average Bonchev–Trinajstić information content (AvgIpc) is 2.72. The second-order valence-corrected chi connectivity index (χ2v) is 9.64. The largest absolute Gasteiger partial charge is 0.369 e. The van der Waals surface area contributed by atoms with Crippen molar-refractivity contribution < 1.29 is 13.2 Å². The van der Waals surface area contributed by atoms with E-state index in [0.717, 1.165) is 45.3 Å². The molecule has 1 aromatic carbocycles. The van der Waals surface area contributed by atoms with Crippen LogP contribution in [0.2, 0.25) is 0 Å². The lowest BCUT2D eigenvalue weighted by Gasteiger charge is -2.51. The number of likely N-dealkylation sites (tertiary alicyclic amines) is 1.